The predicted octanol–water partition coefficient (Wildman–Crippen LogP) is 2.95. The van der Waals surface area contributed by atoms with Crippen LogP contribution < -0.4 is 0 Å². The van der Waals surface area contributed by atoms with Crippen LogP contribution in [-0.4, -0.2) is 43.6 Å². The van der Waals surface area contributed by atoms with E-state index in [1.54, 1.807) is 11.3 Å². The van der Waals surface area contributed by atoms with Crippen molar-refractivity contribution in [1.82, 2.24) is 24.6 Å². The molecule has 3 rings (SSSR count). The molecule has 7 heteroatoms. The molecule has 0 aromatic carbocycles. The van der Waals surface area contributed by atoms with Crippen molar-refractivity contribution < 1.29 is 4.79 Å². The van der Waals surface area contributed by atoms with Crippen molar-refractivity contribution in [3.05, 3.63) is 27.7 Å². The number of piperidine rings is 1. The second kappa shape index (κ2) is 6.39. The normalized spacial score (nSPS) is 18.7. The van der Waals surface area contributed by atoms with Gasteiger partial charge in [0.15, 0.2) is 0 Å². The molecule has 1 aliphatic rings. The van der Waals surface area contributed by atoms with Gasteiger partial charge in [-0.3, -0.25) is 4.79 Å². The summed E-state index contributed by atoms with van der Waals surface area (Å²) < 4.78 is 1.97. The number of likely N-dealkylation sites (tertiary alicyclic amines) is 1. The number of hydrogen-bond acceptors (Lipinski definition) is 5. The number of nitrogens with zero attached hydrogens (tertiary/aromatic N) is 5. The molecule has 1 aliphatic heterocycles. The first kappa shape index (κ1) is 16.1. The second-order valence-electron chi connectivity index (χ2n) is 6.42. The Balaban J connectivity index is 1.75. The third kappa shape index (κ3) is 3.29. The molecule has 0 bridgehead atoms. The molecule has 1 saturated heterocycles. The third-order valence-corrected chi connectivity index (χ3v) is 5.32. The largest absolute Gasteiger partial charge is 0.335 e. The van der Waals surface area contributed by atoms with Crippen LogP contribution in [0.15, 0.2) is 5.38 Å². The summed E-state index contributed by atoms with van der Waals surface area (Å²) in [5, 5.41) is 7.38. The summed E-state index contributed by atoms with van der Waals surface area (Å²) in [7, 11) is 0. The molecule has 3 heterocycles. The smallest absolute Gasteiger partial charge is 0.273 e. The number of amides is 1. The van der Waals surface area contributed by atoms with E-state index in [2.05, 4.69) is 28.9 Å². The molecule has 1 fully saturated rings. The highest BCUT2D eigenvalue weighted by atomic mass is 32.1. The van der Waals surface area contributed by atoms with E-state index >= 15 is 0 Å². The van der Waals surface area contributed by atoms with Crippen molar-refractivity contribution in [3.8, 4) is 0 Å². The number of hydrogen-bond donors (Lipinski definition) is 0. The molecule has 23 heavy (non-hydrogen) atoms. The minimum atomic E-state index is 0.0346. The van der Waals surface area contributed by atoms with Crippen LogP contribution in [0.1, 0.15) is 65.8 Å². The van der Waals surface area contributed by atoms with Crippen LogP contribution in [0.4, 0.5) is 0 Å². The van der Waals surface area contributed by atoms with Gasteiger partial charge in [-0.25, -0.2) is 14.6 Å². The number of rotatable bonds is 3. The van der Waals surface area contributed by atoms with Gasteiger partial charge < -0.3 is 4.90 Å². The summed E-state index contributed by atoms with van der Waals surface area (Å²) >= 11 is 1.57. The lowest BCUT2D eigenvalue weighted by Crippen LogP contribution is -2.41. The zero-order chi connectivity index (χ0) is 16.6. The first-order valence-electron chi connectivity index (χ1n) is 8.10. The Morgan fingerprint density at radius 2 is 2.13 bits per heavy atom. The molecule has 124 valence electrons. The fraction of sp³-hybridized carbons (Fsp3) is 0.625. The second-order valence-corrected chi connectivity index (χ2v) is 7.31. The van der Waals surface area contributed by atoms with E-state index in [0.717, 1.165) is 36.0 Å². The Kier molecular flexibility index (Phi) is 4.48. The highest BCUT2D eigenvalue weighted by molar-refractivity contribution is 7.09. The fourth-order valence-corrected chi connectivity index (χ4v) is 3.84. The summed E-state index contributed by atoms with van der Waals surface area (Å²) in [6, 6.07) is 0.206. The highest BCUT2D eigenvalue weighted by Gasteiger charge is 2.28. The van der Waals surface area contributed by atoms with Crippen molar-refractivity contribution in [2.75, 3.05) is 13.1 Å². The van der Waals surface area contributed by atoms with Crippen molar-refractivity contribution in [3.63, 3.8) is 0 Å². The van der Waals surface area contributed by atoms with Crippen LogP contribution in [-0.2, 0) is 0 Å². The van der Waals surface area contributed by atoms with E-state index < -0.39 is 0 Å². The Morgan fingerprint density at radius 3 is 2.74 bits per heavy atom. The van der Waals surface area contributed by atoms with E-state index in [9.17, 15) is 4.79 Å². The van der Waals surface area contributed by atoms with Gasteiger partial charge >= 0.3 is 0 Å². The molecule has 2 aromatic rings. The van der Waals surface area contributed by atoms with Gasteiger partial charge in [0, 0.05) is 24.4 Å². The summed E-state index contributed by atoms with van der Waals surface area (Å²) in [6.07, 6.45) is 2.01. The summed E-state index contributed by atoms with van der Waals surface area (Å²) in [5.74, 6) is 2.09. The summed E-state index contributed by atoms with van der Waals surface area (Å²) in [6.45, 7) is 9.53. The van der Waals surface area contributed by atoms with E-state index in [0.29, 0.717) is 18.2 Å². The van der Waals surface area contributed by atoms with Gasteiger partial charge in [-0.05, 0) is 26.7 Å². The molecule has 0 spiro atoms. The van der Waals surface area contributed by atoms with Crippen molar-refractivity contribution in [2.24, 2.45) is 0 Å². The molecule has 0 N–H and O–H groups in total. The third-order valence-electron chi connectivity index (χ3n) is 4.17. The minimum Gasteiger partial charge on any atom is -0.335 e. The monoisotopic (exact) mass is 333 g/mol. The average Bonchev–Trinajstić information content (AvgIpc) is 3.13. The van der Waals surface area contributed by atoms with Crippen molar-refractivity contribution >= 4 is 17.2 Å². The van der Waals surface area contributed by atoms with Crippen molar-refractivity contribution in [2.45, 2.75) is 52.5 Å². The minimum absolute atomic E-state index is 0.0346. The average molecular weight is 333 g/mol. The highest BCUT2D eigenvalue weighted by Crippen LogP contribution is 2.25. The molecular formula is C16H23N5OS. The maximum Gasteiger partial charge on any atom is 0.273 e. The topological polar surface area (TPSA) is 63.9 Å². The van der Waals surface area contributed by atoms with E-state index in [1.807, 2.05) is 28.8 Å². The zero-order valence-electron chi connectivity index (χ0n) is 14.1. The lowest BCUT2D eigenvalue weighted by Gasteiger charge is -2.32. The fourth-order valence-electron chi connectivity index (χ4n) is 3.03. The maximum atomic E-state index is 12.7. The van der Waals surface area contributed by atoms with E-state index in [-0.39, 0.29) is 11.9 Å². The number of aryl methyl sites for hydroxylation is 2. The molecule has 0 unspecified atom stereocenters. The molecule has 2 aromatic heterocycles. The Hall–Kier alpha value is -1.76. The molecule has 0 radical (unpaired) electrons. The standard InChI is InChI=1S/C16H23N5OS/c1-10(2)15-18-14(9-23-15)16(22)20-7-5-6-13(8-20)21-12(4)17-11(3)19-21/h9-10,13H,5-8H2,1-4H3/t13-/m0/s1. The van der Waals surface area contributed by atoms with Crippen LogP contribution in [0.2, 0.25) is 0 Å². The summed E-state index contributed by atoms with van der Waals surface area (Å²) in [4.78, 5) is 23.5. The molecule has 0 saturated carbocycles. The van der Waals surface area contributed by atoms with Crippen LogP contribution in [0.25, 0.3) is 0 Å². The lowest BCUT2D eigenvalue weighted by atomic mass is 10.1. The quantitative estimate of drug-likeness (QED) is 0.866. The Bertz CT molecular complexity index is 705. The van der Waals surface area contributed by atoms with Crippen LogP contribution in [0, 0.1) is 13.8 Å². The molecular weight excluding hydrogens is 310 g/mol. The molecule has 1 atom stereocenters. The van der Waals surface area contributed by atoms with E-state index in [4.69, 9.17) is 0 Å². The number of carbonyl (C=O) groups is 1. The van der Waals surface area contributed by atoms with Crippen LogP contribution in [0.3, 0.4) is 0 Å². The van der Waals surface area contributed by atoms with Gasteiger partial charge in [0.1, 0.15) is 17.3 Å². The van der Waals surface area contributed by atoms with Gasteiger partial charge in [0.25, 0.3) is 5.91 Å². The molecule has 0 aliphatic carbocycles. The number of thiazole rings is 1. The molecule has 6 nitrogen and oxygen atoms in total. The van der Waals surface area contributed by atoms with Gasteiger partial charge in [-0.1, -0.05) is 13.8 Å². The van der Waals surface area contributed by atoms with Crippen LogP contribution >= 0.6 is 11.3 Å². The van der Waals surface area contributed by atoms with Crippen molar-refractivity contribution in [1.29, 1.82) is 0 Å². The predicted molar refractivity (Wildman–Crippen MR) is 89.9 cm³/mol. The Labute approximate surface area is 140 Å². The SMILES string of the molecule is Cc1nc(C)n([C@H]2CCCN(C(=O)c3csc(C(C)C)n3)C2)n1. The van der Waals surface area contributed by atoms with Crippen LogP contribution in [0.5, 0.6) is 0 Å². The van der Waals surface area contributed by atoms with Gasteiger partial charge in [-0.2, -0.15) is 5.10 Å². The maximum absolute atomic E-state index is 12.7. The zero-order valence-corrected chi connectivity index (χ0v) is 14.9. The first-order chi connectivity index (χ1) is 11.0. The lowest BCUT2D eigenvalue weighted by molar-refractivity contribution is 0.0666. The first-order valence-corrected chi connectivity index (χ1v) is 8.98. The Morgan fingerprint density at radius 1 is 1.35 bits per heavy atom. The number of aromatic nitrogens is 4. The van der Waals surface area contributed by atoms with Gasteiger partial charge in [0.2, 0.25) is 0 Å². The van der Waals surface area contributed by atoms with E-state index in [1.165, 1.54) is 0 Å². The van der Waals surface area contributed by atoms with Gasteiger partial charge in [0.05, 0.1) is 11.0 Å². The summed E-state index contributed by atoms with van der Waals surface area (Å²) in [5.41, 5.74) is 0.575. The van der Waals surface area contributed by atoms with Gasteiger partial charge in [-0.15, -0.1) is 11.3 Å². The number of carbonyl (C=O) groups excluding carboxylic acids is 1. The molecule has 1 amide bonds.